The lowest BCUT2D eigenvalue weighted by atomic mass is 9.70. The van der Waals surface area contributed by atoms with Gasteiger partial charge in [-0.25, -0.2) is 0 Å². The van der Waals surface area contributed by atoms with E-state index >= 15 is 0 Å². The molecule has 0 radical (unpaired) electrons. The summed E-state index contributed by atoms with van der Waals surface area (Å²) in [7, 11) is 0. The third-order valence-electron chi connectivity index (χ3n) is 2.94. The van der Waals surface area contributed by atoms with E-state index in [-0.39, 0.29) is 17.1 Å². The minimum absolute atomic E-state index is 0.147. The Kier molecular flexibility index (Phi) is 2.92. The molecule has 0 amide bonds. The zero-order chi connectivity index (χ0) is 10.9. The molecule has 0 aromatic rings. The normalized spacial score (nSPS) is 28.9. The van der Waals surface area contributed by atoms with Crippen molar-refractivity contribution in [1.82, 2.24) is 0 Å². The molecule has 0 aromatic heterocycles. The van der Waals surface area contributed by atoms with Crippen LogP contribution < -0.4 is 0 Å². The highest BCUT2D eigenvalue weighted by atomic mass is 16.6. The van der Waals surface area contributed by atoms with Crippen molar-refractivity contribution in [2.75, 3.05) is 0 Å². The second kappa shape index (κ2) is 3.67. The van der Waals surface area contributed by atoms with Gasteiger partial charge in [0.05, 0.1) is 0 Å². The molecular weight excluding hydrogens is 182 g/mol. The molecule has 1 aliphatic rings. The van der Waals surface area contributed by atoms with Crippen molar-refractivity contribution in [2.45, 2.75) is 46.1 Å². The number of nitrogens with zero attached hydrogens (tertiary/aromatic N) is 1. The second-order valence-corrected chi connectivity index (χ2v) is 5.05. The third kappa shape index (κ3) is 2.11. The molecular formula is C10H17NO3. The highest BCUT2D eigenvalue weighted by molar-refractivity contribution is 5.86. The van der Waals surface area contributed by atoms with Crippen LogP contribution in [0.5, 0.6) is 0 Å². The van der Waals surface area contributed by atoms with Crippen LogP contribution in [-0.2, 0) is 4.79 Å². The molecule has 0 N–H and O–H groups in total. The summed E-state index contributed by atoms with van der Waals surface area (Å²) in [6, 6.07) is -0.951. The van der Waals surface area contributed by atoms with Crippen molar-refractivity contribution < 1.29 is 9.72 Å². The standard InChI is InChI=1S/C10H17NO3/c1-10(2,3)7-5-4-6-8(9(7)12)11(13)14/h7-8H,4-6H2,1-3H3/t7-,8+/m1/s1. The van der Waals surface area contributed by atoms with Gasteiger partial charge in [0, 0.05) is 17.3 Å². The van der Waals surface area contributed by atoms with Gasteiger partial charge in [-0.15, -0.1) is 0 Å². The topological polar surface area (TPSA) is 60.2 Å². The summed E-state index contributed by atoms with van der Waals surface area (Å²) in [5.74, 6) is -0.319. The Hall–Kier alpha value is -0.930. The molecule has 1 aliphatic carbocycles. The molecule has 2 atom stereocenters. The monoisotopic (exact) mass is 199 g/mol. The summed E-state index contributed by atoms with van der Waals surface area (Å²) in [6.45, 7) is 5.91. The molecule has 0 aliphatic heterocycles. The summed E-state index contributed by atoms with van der Waals surface area (Å²) in [5, 5.41) is 10.6. The Morgan fingerprint density at radius 2 is 1.93 bits per heavy atom. The van der Waals surface area contributed by atoms with E-state index in [2.05, 4.69) is 0 Å². The van der Waals surface area contributed by atoms with Gasteiger partial charge in [-0.1, -0.05) is 20.8 Å². The fourth-order valence-corrected chi connectivity index (χ4v) is 2.10. The number of Topliss-reactive ketones (excluding diaryl/α,β-unsaturated/α-hetero) is 1. The average Bonchev–Trinajstić information content (AvgIpc) is 2.01. The molecule has 0 aromatic carbocycles. The fourth-order valence-electron chi connectivity index (χ4n) is 2.10. The van der Waals surface area contributed by atoms with E-state index in [4.69, 9.17) is 0 Å². The maximum atomic E-state index is 11.8. The van der Waals surface area contributed by atoms with Gasteiger partial charge in [-0.05, 0) is 18.3 Å². The first-order chi connectivity index (χ1) is 6.34. The molecule has 4 nitrogen and oxygen atoms in total. The molecule has 0 spiro atoms. The largest absolute Gasteiger partial charge is 0.292 e. The van der Waals surface area contributed by atoms with Gasteiger partial charge < -0.3 is 0 Å². The number of hydrogen-bond donors (Lipinski definition) is 0. The van der Waals surface area contributed by atoms with Crippen molar-refractivity contribution in [1.29, 1.82) is 0 Å². The maximum absolute atomic E-state index is 11.8. The van der Waals surface area contributed by atoms with Crippen molar-refractivity contribution in [2.24, 2.45) is 11.3 Å². The molecule has 4 heteroatoms. The van der Waals surface area contributed by atoms with Crippen LogP contribution in [0.2, 0.25) is 0 Å². The van der Waals surface area contributed by atoms with Crippen LogP contribution in [0.15, 0.2) is 0 Å². The van der Waals surface area contributed by atoms with Gasteiger partial charge in [0.25, 0.3) is 6.04 Å². The van der Waals surface area contributed by atoms with Gasteiger partial charge >= 0.3 is 0 Å². The van der Waals surface area contributed by atoms with Gasteiger partial charge in [0.2, 0.25) is 5.78 Å². The number of ketones is 1. The van der Waals surface area contributed by atoms with Gasteiger partial charge in [-0.3, -0.25) is 14.9 Å². The van der Waals surface area contributed by atoms with Gasteiger partial charge in [0.15, 0.2) is 0 Å². The van der Waals surface area contributed by atoms with Crippen LogP contribution in [0, 0.1) is 21.4 Å². The number of nitro groups is 1. The first-order valence-electron chi connectivity index (χ1n) is 5.01. The molecule has 0 unspecified atom stereocenters. The number of hydrogen-bond acceptors (Lipinski definition) is 3. The highest BCUT2D eigenvalue weighted by Gasteiger charge is 2.43. The van der Waals surface area contributed by atoms with Crippen molar-refractivity contribution in [3.63, 3.8) is 0 Å². The lowest BCUT2D eigenvalue weighted by Gasteiger charge is -2.33. The van der Waals surface area contributed by atoms with E-state index in [1.54, 1.807) is 0 Å². The first kappa shape index (κ1) is 11.1. The summed E-state index contributed by atoms with van der Waals surface area (Å²) < 4.78 is 0. The lowest BCUT2D eigenvalue weighted by Crippen LogP contribution is -2.43. The predicted molar refractivity (Wildman–Crippen MR) is 52.6 cm³/mol. The average molecular weight is 199 g/mol. The van der Waals surface area contributed by atoms with Crippen LogP contribution in [0.25, 0.3) is 0 Å². The maximum Gasteiger partial charge on any atom is 0.270 e. The van der Waals surface area contributed by atoms with Crippen molar-refractivity contribution in [3.05, 3.63) is 10.1 Å². The Morgan fingerprint density at radius 3 is 2.36 bits per heavy atom. The van der Waals surface area contributed by atoms with Crippen LogP contribution in [0.4, 0.5) is 0 Å². The third-order valence-corrected chi connectivity index (χ3v) is 2.94. The van der Waals surface area contributed by atoms with E-state index in [0.29, 0.717) is 6.42 Å². The smallest absolute Gasteiger partial charge is 0.270 e. The van der Waals surface area contributed by atoms with E-state index in [0.717, 1.165) is 12.8 Å². The van der Waals surface area contributed by atoms with Crippen molar-refractivity contribution in [3.8, 4) is 0 Å². The SMILES string of the molecule is CC(C)(C)[C@@H]1CCC[C@H]([N+](=O)[O-])C1=O. The highest BCUT2D eigenvalue weighted by Crippen LogP contribution is 2.36. The molecule has 1 saturated carbocycles. The van der Waals surface area contributed by atoms with Gasteiger partial charge in [0.1, 0.15) is 0 Å². The van der Waals surface area contributed by atoms with Crippen molar-refractivity contribution >= 4 is 5.78 Å². The quantitative estimate of drug-likeness (QED) is 0.479. The summed E-state index contributed by atoms with van der Waals surface area (Å²) in [6.07, 6.45) is 2.00. The minimum Gasteiger partial charge on any atom is -0.292 e. The fraction of sp³-hybridized carbons (Fsp3) is 0.900. The molecule has 0 heterocycles. The van der Waals surface area contributed by atoms with Crippen LogP contribution in [0.3, 0.4) is 0 Å². The van der Waals surface area contributed by atoms with E-state index < -0.39 is 11.0 Å². The second-order valence-electron chi connectivity index (χ2n) is 5.05. The Balaban J connectivity index is 2.82. The Morgan fingerprint density at radius 1 is 1.36 bits per heavy atom. The van der Waals surface area contributed by atoms with E-state index in [1.165, 1.54) is 0 Å². The number of rotatable bonds is 1. The van der Waals surface area contributed by atoms with E-state index in [1.807, 2.05) is 20.8 Å². The Bertz CT molecular complexity index is 255. The minimum atomic E-state index is -0.951. The summed E-state index contributed by atoms with van der Waals surface area (Å²) in [5.41, 5.74) is -0.147. The Labute approximate surface area is 83.8 Å². The zero-order valence-corrected chi connectivity index (χ0v) is 8.95. The zero-order valence-electron chi connectivity index (χ0n) is 8.95. The number of carbonyl (C=O) groups excluding carboxylic acids is 1. The van der Waals surface area contributed by atoms with Crippen LogP contribution in [0.1, 0.15) is 40.0 Å². The van der Waals surface area contributed by atoms with Gasteiger partial charge in [-0.2, -0.15) is 0 Å². The summed E-state index contributed by atoms with van der Waals surface area (Å²) in [4.78, 5) is 22.0. The molecule has 1 fully saturated rings. The lowest BCUT2D eigenvalue weighted by molar-refractivity contribution is -0.510. The molecule has 80 valence electrons. The predicted octanol–water partition coefficient (Wildman–Crippen LogP) is 2.05. The molecule has 1 rings (SSSR count). The summed E-state index contributed by atoms with van der Waals surface area (Å²) >= 11 is 0. The first-order valence-corrected chi connectivity index (χ1v) is 5.01. The van der Waals surface area contributed by atoms with Crippen LogP contribution in [-0.4, -0.2) is 16.7 Å². The number of carbonyl (C=O) groups is 1. The van der Waals surface area contributed by atoms with Crippen LogP contribution >= 0.6 is 0 Å². The molecule has 0 saturated heterocycles. The molecule has 14 heavy (non-hydrogen) atoms. The molecule has 0 bridgehead atoms. The van der Waals surface area contributed by atoms with E-state index in [9.17, 15) is 14.9 Å².